The maximum absolute atomic E-state index is 13.0. The van der Waals surface area contributed by atoms with Gasteiger partial charge in [-0.1, -0.05) is 64.8 Å². The van der Waals surface area contributed by atoms with E-state index in [2.05, 4.69) is 26.6 Å². The number of imide groups is 1. The van der Waals surface area contributed by atoms with Gasteiger partial charge in [-0.2, -0.15) is 0 Å². The number of rotatable bonds is 6. The van der Waals surface area contributed by atoms with Gasteiger partial charge in [0.1, 0.15) is 12.1 Å². The van der Waals surface area contributed by atoms with Crippen molar-refractivity contribution in [1.29, 1.82) is 0 Å². The summed E-state index contributed by atoms with van der Waals surface area (Å²) in [5, 5.41) is 5.65. The number of benzene rings is 2. The molecule has 0 aliphatic carbocycles. The number of urea groups is 1. The van der Waals surface area contributed by atoms with E-state index in [1.165, 1.54) is 0 Å². The summed E-state index contributed by atoms with van der Waals surface area (Å²) in [5.74, 6) is -0.821. The lowest BCUT2D eigenvalue weighted by molar-refractivity contribution is -0.135. The zero-order valence-corrected chi connectivity index (χ0v) is 18.2. The molecular formula is C22H24BrN3O3. The van der Waals surface area contributed by atoms with Crippen molar-refractivity contribution in [1.82, 2.24) is 15.5 Å². The van der Waals surface area contributed by atoms with E-state index in [9.17, 15) is 14.4 Å². The van der Waals surface area contributed by atoms with Crippen LogP contribution >= 0.6 is 15.9 Å². The van der Waals surface area contributed by atoms with Gasteiger partial charge in [-0.05, 0) is 43.5 Å². The van der Waals surface area contributed by atoms with Crippen LogP contribution in [0.15, 0.2) is 53.0 Å². The Hall–Kier alpha value is -2.67. The highest BCUT2D eigenvalue weighted by atomic mass is 79.9. The van der Waals surface area contributed by atoms with Crippen molar-refractivity contribution in [3.63, 3.8) is 0 Å². The number of carbonyl (C=O) groups excluding carboxylic acids is 3. The summed E-state index contributed by atoms with van der Waals surface area (Å²) in [6.45, 7) is 5.30. The summed E-state index contributed by atoms with van der Waals surface area (Å²) < 4.78 is 0.804. The number of hydrogen-bond donors (Lipinski definition) is 2. The average Bonchev–Trinajstić information content (AvgIpc) is 2.91. The molecule has 29 heavy (non-hydrogen) atoms. The SMILES string of the molecule is CC[C@@H](NC(=O)CN1C(=O)N[C@](C)(c2cccc(Br)c2)C1=O)c1ccc(C)cc1. The molecule has 1 heterocycles. The van der Waals surface area contributed by atoms with Gasteiger partial charge in [0.25, 0.3) is 5.91 Å². The first kappa shape index (κ1) is 21.0. The van der Waals surface area contributed by atoms with Crippen LogP contribution in [0.25, 0.3) is 0 Å². The molecule has 1 fully saturated rings. The molecule has 7 heteroatoms. The van der Waals surface area contributed by atoms with Crippen LogP contribution in [0.1, 0.15) is 43.0 Å². The van der Waals surface area contributed by atoms with Gasteiger partial charge < -0.3 is 10.6 Å². The highest BCUT2D eigenvalue weighted by Crippen LogP contribution is 2.30. The lowest BCUT2D eigenvalue weighted by Gasteiger charge is -2.23. The van der Waals surface area contributed by atoms with Gasteiger partial charge in [0.15, 0.2) is 0 Å². The van der Waals surface area contributed by atoms with Crippen LogP contribution in [0.5, 0.6) is 0 Å². The van der Waals surface area contributed by atoms with Crippen molar-refractivity contribution >= 4 is 33.8 Å². The average molecular weight is 458 g/mol. The number of nitrogens with one attached hydrogen (secondary N) is 2. The Morgan fingerprint density at radius 2 is 1.90 bits per heavy atom. The zero-order chi connectivity index (χ0) is 21.2. The molecule has 0 unspecified atom stereocenters. The highest BCUT2D eigenvalue weighted by Gasteiger charge is 2.49. The molecule has 1 aliphatic heterocycles. The van der Waals surface area contributed by atoms with Gasteiger partial charge in [-0.25, -0.2) is 4.79 Å². The van der Waals surface area contributed by atoms with Crippen LogP contribution in [-0.2, 0) is 15.1 Å². The second-order valence-electron chi connectivity index (χ2n) is 7.40. The molecule has 0 saturated carbocycles. The third kappa shape index (κ3) is 4.34. The molecule has 152 valence electrons. The van der Waals surface area contributed by atoms with Crippen molar-refractivity contribution < 1.29 is 14.4 Å². The monoisotopic (exact) mass is 457 g/mol. The maximum atomic E-state index is 13.0. The van der Waals surface area contributed by atoms with Crippen LogP contribution in [0.4, 0.5) is 4.79 Å². The number of nitrogens with zero attached hydrogens (tertiary/aromatic N) is 1. The number of hydrogen-bond acceptors (Lipinski definition) is 3. The molecule has 0 bridgehead atoms. The lowest BCUT2D eigenvalue weighted by atomic mass is 9.92. The van der Waals surface area contributed by atoms with E-state index < -0.39 is 17.5 Å². The first-order chi connectivity index (χ1) is 13.7. The Balaban J connectivity index is 1.72. The van der Waals surface area contributed by atoms with Crippen molar-refractivity contribution in [3.8, 4) is 0 Å². The van der Waals surface area contributed by atoms with Crippen LogP contribution < -0.4 is 10.6 Å². The molecule has 0 spiro atoms. The summed E-state index contributed by atoms with van der Waals surface area (Å²) in [6, 6.07) is 14.4. The Kier molecular flexibility index (Phi) is 6.07. The molecule has 3 rings (SSSR count). The summed E-state index contributed by atoms with van der Waals surface area (Å²) in [7, 11) is 0. The van der Waals surface area contributed by atoms with Crippen molar-refractivity contribution in [3.05, 3.63) is 69.7 Å². The topological polar surface area (TPSA) is 78.5 Å². The second kappa shape index (κ2) is 8.37. The lowest BCUT2D eigenvalue weighted by Crippen LogP contribution is -2.43. The van der Waals surface area contributed by atoms with E-state index in [1.54, 1.807) is 25.1 Å². The molecule has 1 aliphatic rings. The van der Waals surface area contributed by atoms with E-state index in [4.69, 9.17) is 0 Å². The van der Waals surface area contributed by atoms with Gasteiger partial charge in [0.2, 0.25) is 5.91 Å². The van der Waals surface area contributed by atoms with Gasteiger partial charge >= 0.3 is 6.03 Å². The third-order valence-corrected chi connectivity index (χ3v) is 5.70. The number of halogens is 1. The molecule has 2 N–H and O–H groups in total. The third-order valence-electron chi connectivity index (χ3n) is 5.20. The van der Waals surface area contributed by atoms with Crippen LogP contribution in [0.2, 0.25) is 0 Å². The predicted octanol–water partition coefficient (Wildman–Crippen LogP) is 3.79. The Morgan fingerprint density at radius 1 is 1.21 bits per heavy atom. The molecule has 2 aromatic rings. The van der Waals surface area contributed by atoms with Crippen molar-refractivity contribution in [2.45, 2.75) is 38.8 Å². The number of amides is 4. The van der Waals surface area contributed by atoms with Crippen LogP contribution in [0.3, 0.4) is 0 Å². The van der Waals surface area contributed by atoms with Crippen molar-refractivity contribution in [2.75, 3.05) is 6.54 Å². The fourth-order valence-corrected chi connectivity index (χ4v) is 3.84. The minimum atomic E-state index is -1.21. The van der Waals surface area contributed by atoms with Crippen LogP contribution in [-0.4, -0.2) is 29.3 Å². The quantitative estimate of drug-likeness (QED) is 0.647. The fourth-order valence-electron chi connectivity index (χ4n) is 3.44. The molecule has 2 aromatic carbocycles. The number of aryl methyl sites for hydroxylation is 1. The fraction of sp³-hybridized carbons (Fsp3) is 0.318. The molecule has 6 nitrogen and oxygen atoms in total. The minimum Gasteiger partial charge on any atom is -0.348 e. The predicted molar refractivity (Wildman–Crippen MR) is 114 cm³/mol. The first-order valence-electron chi connectivity index (χ1n) is 9.50. The second-order valence-corrected chi connectivity index (χ2v) is 8.31. The van der Waals surface area contributed by atoms with Crippen molar-refractivity contribution in [2.24, 2.45) is 0 Å². The zero-order valence-electron chi connectivity index (χ0n) is 16.7. The largest absolute Gasteiger partial charge is 0.348 e. The van der Waals surface area contributed by atoms with Gasteiger partial charge in [-0.15, -0.1) is 0 Å². The standard InChI is InChI=1S/C22H24BrN3O3/c1-4-18(15-10-8-14(2)9-11-15)24-19(27)13-26-20(28)22(3,25-21(26)29)16-6-5-7-17(23)12-16/h5-12,18H,4,13H2,1-3H3,(H,24,27)(H,25,29)/t18-,22-/m1/s1. The molecular weight excluding hydrogens is 434 g/mol. The summed E-state index contributed by atoms with van der Waals surface area (Å²) in [4.78, 5) is 39.0. The van der Waals surface area contributed by atoms with E-state index in [1.807, 2.05) is 44.2 Å². The van der Waals surface area contributed by atoms with Gasteiger partial charge in [-0.3, -0.25) is 14.5 Å². The Labute approximate surface area is 178 Å². The van der Waals surface area contributed by atoms with E-state index >= 15 is 0 Å². The van der Waals surface area contributed by atoms with E-state index in [0.717, 1.165) is 20.5 Å². The number of carbonyl (C=O) groups is 3. The molecule has 4 amide bonds. The molecule has 0 aromatic heterocycles. The Morgan fingerprint density at radius 3 is 2.52 bits per heavy atom. The summed E-state index contributed by atoms with van der Waals surface area (Å²) in [5.41, 5.74) is 1.57. The molecule has 2 atom stereocenters. The van der Waals surface area contributed by atoms with E-state index in [0.29, 0.717) is 12.0 Å². The minimum absolute atomic E-state index is 0.180. The maximum Gasteiger partial charge on any atom is 0.325 e. The summed E-state index contributed by atoms with van der Waals surface area (Å²) in [6.07, 6.45) is 0.699. The van der Waals surface area contributed by atoms with Crippen LogP contribution in [0, 0.1) is 6.92 Å². The molecule has 0 radical (unpaired) electrons. The van der Waals surface area contributed by atoms with Gasteiger partial charge in [0.05, 0.1) is 6.04 Å². The first-order valence-corrected chi connectivity index (χ1v) is 10.3. The van der Waals surface area contributed by atoms with E-state index in [-0.39, 0.29) is 18.5 Å². The Bertz CT molecular complexity index is 945. The highest BCUT2D eigenvalue weighted by molar-refractivity contribution is 9.10. The normalized spacial score (nSPS) is 19.8. The smallest absolute Gasteiger partial charge is 0.325 e. The van der Waals surface area contributed by atoms with Gasteiger partial charge in [0, 0.05) is 4.47 Å². The molecule has 1 saturated heterocycles. The summed E-state index contributed by atoms with van der Waals surface area (Å²) >= 11 is 3.38.